The molecule has 19 heavy (non-hydrogen) atoms. The maximum absolute atomic E-state index is 12.3. The van der Waals surface area contributed by atoms with E-state index < -0.39 is 0 Å². The largest absolute Gasteiger partial charge is 0.337 e. The van der Waals surface area contributed by atoms with Crippen LogP contribution in [0.15, 0.2) is 48.5 Å². The molecule has 0 radical (unpaired) electrons. The summed E-state index contributed by atoms with van der Waals surface area (Å²) in [5.41, 5.74) is 1.64. The molecule has 0 N–H and O–H groups in total. The van der Waals surface area contributed by atoms with Crippen LogP contribution in [0.25, 0.3) is 0 Å². The Bertz CT molecular complexity index is 583. The van der Waals surface area contributed by atoms with Crippen molar-refractivity contribution in [2.75, 3.05) is 7.05 Å². The molecule has 0 heterocycles. The minimum Gasteiger partial charge on any atom is -0.337 e. The second kappa shape index (κ2) is 6.39. The summed E-state index contributed by atoms with van der Waals surface area (Å²) in [6, 6.07) is 15.1. The van der Waals surface area contributed by atoms with E-state index in [0.717, 1.165) is 9.13 Å². The van der Waals surface area contributed by atoms with Crippen molar-refractivity contribution < 1.29 is 4.79 Å². The van der Waals surface area contributed by atoms with Gasteiger partial charge in [0.1, 0.15) is 0 Å². The molecule has 0 atom stereocenters. The predicted molar refractivity (Wildman–Crippen MR) is 86.4 cm³/mol. The van der Waals surface area contributed by atoms with E-state index in [2.05, 4.69) is 22.6 Å². The average molecular weight is 386 g/mol. The highest BCUT2D eigenvalue weighted by atomic mass is 127. The minimum absolute atomic E-state index is 0.00341. The monoisotopic (exact) mass is 385 g/mol. The Labute approximate surface area is 131 Å². The van der Waals surface area contributed by atoms with Crippen LogP contribution in [0.5, 0.6) is 0 Å². The molecule has 0 aromatic heterocycles. The fourth-order valence-electron chi connectivity index (χ4n) is 1.77. The van der Waals surface area contributed by atoms with Crippen LogP contribution in [0.3, 0.4) is 0 Å². The average Bonchev–Trinajstić information content (AvgIpc) is 2.41. The molecule has 2 aromatic carbocycles. The van der Waals surface area contributed by atoms with Gasteiger partial charge in [-0.3, -0.25) is 4.79 Å². The van der Waals surface area contributed by atoms with Crippen LogP contribution in [0.2, 0.25) is 5.02 Å². The Morgan fingerprint density at radius 3 is 2.42 bits per heavy atom. The Hall–Kier alpha value is -1.07. The second-order valence-corrected chi connectivity index (χ2v) is 5.91. The molecule has 98 valence electrons. The topological polar surface area (TPSA) is 20.3 Å². The van der Waals surface area contributed by atoms with E-state index >= 15 is 0 Å². The van der Waals surface area contributed by atoms with Crippen molar-refractivity contribution in [3.8, 4) is 0 Å². The standard InChI is InChI=1S/C15H13ClINO/c1-18(10-12-4-2-3-5-14(12)16)15(19)11-6-8-13(17)9-7-11/h2-9H,10H2,1H3. The van der Waals surface area contributed by atoms with Crippen molar-refractivity contribution in [3.63, 3.8) is 0 Å². The molecule has 0 aliphatic rings. The third-order valence-electron chi connectivity index (χ3n) is 2.80. The highest BCUT2D eigenvalue weighted by Gasteiger charge is 2.12. The van der Waals surface area contributed by atoms with Gasteiger partial charge in [0.25, 0.3) is 5.91 Å². The van der Waals surface area contributed by atoms with Gasteiger partial charge in [-0.2, -0.15) is 0 Å². The zero-order valence-electron chi connectivity index (χ0n) is 10.4. The van der Waals surface area contributed by atoms with Crippen molar-refractivity contribution in [3.05, 3.63) is 68.3 Å². The van der Waals surface area contributed by atoms with Gasteiger partial charge >= 0.3 is 0 Å². The number of amides is 1. The second-order valence-electron chi connectivity index (χ2n) is 4.26. The van der Waals surface area contributed by atoms with Crippen LogP contribution in [0, 0.1) is 3.57 Å². The van der Waals surface area contributed by atoms with Crippen molar-refractivity contribution >= 4 is 40.1 Å². The quantitative estimate of drug-likeness (QED) is 0.725. The normalized spacial score (nSPS) is 10.3. The fraction of sp³-hybridized carbons (Fsp3) is 0.133. The summed E-state index contributed by atoms with van der Waals surface area (Å²) < 4.78 is 1.11. The lowest BCUT2D eigenvalue weighted by molar-refractivity contribution is 0.0785. The van der Waals surface area contributed by atoms with Gasteiger partial charge in [-0.1, -0.05) is 29.8 Å². The number of halogens is 2. The molecule has 0 saturated carbocycles. The summed E-state index contributed by atoms with van der Waals surface area (Å²) >= 11 is 8.32. The molecule has 2 aromatic rings. The Morgan fingerprint density at radius 1 is 1.16 bits per heavy atom. The fourth-order valence-corrected chi connectivity index (χ4v) is 2.32. The first kappa shape index (κ1) is 14.3. The lowest BCUT2D eigenvalue weighted by atomic mass is 10.1. The van der Waals surface area contributed by atoms with Crippen LogP contribution in [0.1, 0.15) is 15.9 Å². The minimum atomic E-state index is -0.00341. The lowest BCUT2D eigenvalue weighted by Gasteiger charge is -2.18. The Morgan fingerprint density at radius 2 is 1.79 bits per heavy atom. The van der Waals surface area contributed by atoms with Crippen LogP contribution in [-0.4, -0.2) is 17.9 Å². The maximum Gasteiger partial charge on any atom is 0.253 e. The van der Waals surface area contributed by atoms with Crippen molar-refractivity contribution in [1.82, 2.24) is 4.90 Å². The van der Waals surface area contributed by atoms with Crippen molar-refractivity contribution in [1.29, 1.82) is 0 Å². The molecular weight excluding hydrogens is 373 g/mol. The first-order chi connectivity index (χ1) is 9.08. The van der Waals surface area contributed by atoms with Crippen LogP contribution in [-0.2, 0) is 6.54 Å². The summed E-state index contributed by atoms with van der Waals surface area (Å²) in [6.45, 7) is 0.504. The van der Waals surface area contributed by atoms with Gasteiger partial charge < -0.3 is 4.90 Å². The number of carbonyl (C=O) groups excluding carboxylic acids is 1. The van der Waals surface area contributed by atoms with Gasteiger partial charge in [0.2, 0.25) is 0 Å². The molecule has 4 heteroatoms. The number of hydrogen-bond donors (Lipinski definition) is 0. The number of benzene rings is 2. The lowest BCUT2D eigenvalue weighted by Crippen LogP contribution is -2.26. The van der Waals surface area contributed by atoms with Crippen molar-refractivity contribution in [2.45, 2.75) is 6.54 Å². The number of carbonyl (C=O) groups is 1. The first-order valence-electron chi connectivity index (χ1n) is 5.82. The van der Waals surface area contributed by atoms with E-state index in [4.69, 9.17) is 11.6 Å². The van der Waals surface area contributed by atoms with Gasteiger partial charge in [-0.15, -0.1) is 0 Å². The molecule has 1 amide bonds. The van der Waals surface area contributed by atoms with E-state index in [1.54, 1.807) is 11.9 Å². The zero-order valence-corrected chi connectivity index (χ0v) is 13.4. The molecule has 2 nitrogen and oxygen atoms in total. The molecule has 0 fully saturated rings. The molecule has 0 saturated heterocycles. The first-order valence-corrected chi connectivity index (χ1v) is 7.28. The molecule has 0 bridgehead atoms. The molecular formula is C15H13ClINO. The third-order valence-corrected chi connectivity index (χ3v) is 3.89. The summed E-state index contributed by atoms with van der Waals surface area (Å²) in [5, 5.41) is 0.685. The van der Waals surface area contributed by atoms with Gasteiger partial charge in [0.05, 0.1) is 0 Å². The van der Waals surface area contributed by atoms with E-state index in [1.807, 2.05) is 48.5 Å². The number of hydrogen-bond acceptors (Lipinski definition) is 1. The summed E-state index contributed by atoms with van der Waals surface area (Å²) in [5.74, 6) is -0.00341. The molecule has 0 unspecified atom stereocenters. The highest BCUT2D eigenvalue weighted by Crippen LogP contribution is 2.17. The van der Waals surface area contributed by atoms with E-state index in [-0.39, 0.29) is 5.91 Å². The van der Waals surface area contributed by atoms with Gasteiger partial charge in [0.15, 0.2) is 0 Å². The van der Waals surface area contributed by atoms with E-state index in [1.165, 1.54) is 0 Å². The van der Waals surface area contributed by atoms with Gasteiger partial charge in [-0.05, 0) is 58.5 Å². The highest BCUT2D eigenvalue weighted by molar-refractivity contribution is 14.1. The molecule has 0 spiro atoms. The maximum atomic E-state index is 12.3. The molecule has 0 aliphatic carbocycles. The Balaban J connectivity index is 2.12. The van der Waals surface area contributed by atoms with Crippen LogP contribution in [0.4, 0.5) is 0 Å². The molecule has 0 aliphatic heterocycles. The summed E-state index contributed by atoms with van der Waals surface area (Å²) in [7, 11) is 1.78. The van der Waals surface area contributed by atoms with Crippen LogP contribution >= 0.6 is 34.2 Å². The van der Waals surface area contributed by atoms with Gasteiger partial charge in [0, 0.05) is 27.7 Å². The zero-order chi connectivity index (χ0) is 13.8. The summed E-state index contributed by atoms with van der Waals surface area (Å²) in [4.78, 5) is 13.9. The molecule has 2 rings (SSSR count). The van der Waals surface area contributed by atoms with E-state index in [0.29, 0.717) is 17.1 Å². The third kappa shape index (κ3) is 3.70. The van der Waals surface area contributed by atoms with Crippen molar-refractivity contribution in [2.24, 2.45) is 0 Å². The Kier molecular flexibility index (Phi) is 4.82. The van der Waals surface area contributed by atoms with Crippen LogP contribution < -0.4 is 0 Å². The summed E-state index contributed by atoms with van der Waals surface area (Å²) in [6.07, 6.45) is 0. The number of rotatable bonds is 3. The predicted octanol–water partition coefficient (Wildman–Crippen LogP) is 4.22. The smallest absolute Gasteiger partial charge is 0.253 e. The number of nitrogens with zero attached hydrogens (tertiary/aromatic N) is 1. The van der Waals surface area contributed by atoms with E-state index in [9.17, 15) is 4.79 Å². The van der Waals surface area contributed by atoms with Gasteiger partial charge in [-0.25, -0.2) is 0 Å². The SMILES string of the molecule is CN(Cc1ccccc1Cl)C(=O)c1ccc(I)cc1.